The van der Waals surface area contributed by atoms with Gasteiger partial charge in [-0.15, -0.1) is 10.2 Å². The quantitative estimate of drug-likeness (QED) is 0.608. The third-order valence-corrected chi connectivity index (χ3v) is 5.80. The topological polar surface area (TPSA) is 46.3 Å². The first-order valence-corrected chi connectivity index (χ1v) is 9.75. The predicted molar refractivity (Wildman–Crippen MR) is 94.4 cm³/mol. The molecular formula is C17H15F6N5S. The van der Waals surface area contributed by atoms with Crippen LogP contribution in [0, 0.1) is 0 Å². The summed E-state index contributed by atoms with van der Waals surface area (Å²) in [6.45, 7) is 2.85. The molecule has 5 nitrogen and oxygen atoms in total. The molecule has 0 spiro atoms. The highest BCUT2D eigenvalue weighted by atomic mass is 32.2. The molecule has 4 rings (SSSR count). The van der Waals surface area contributed by atoms with E-state index in [2.05, 4.69) is 20.2 Å². The van der Waals surface area contributed by atoms with Crippen molar-refractivity contribution in [1.82, 2.24) is 19.8 Å². The second kappa shape index (κ2) is 6.92. The summed E-state index contributed by atoms with van der Waals surface area (Å²) >= 11 is 1.29. The number of thioether (sulfide) groups is 1. The van der Waals surface area contributed by atoms with Crippen LogP contribution in [0.15, 0.2) is 28.5 Å². The number of fused-ring (bicyclic) bond motifs is 1. The molecule has 1 unspecified atom stereocenters. The molecule has 0 amide bonds. The predicted octanol–water partition coefficient (Wildman–Crippen LogP) is 4.73. The summed E-state index contributed by atoms with van der Waals surface area (Å²) in [4.78, 5) is 2.09. The molecule has 1 atom stereocenters. The zero-order valence-corrected chi connectivity index (χ0v) is 15.9. The van der Waals surface area contributed by atoms with Crippen molar-refractivity contribution in [3.63, 3.8) is 0 Å². The summed E-state index contributed by atoms with van der Waals surface area (Å²) in [5.74, 6) is 1.06. The number of amidine groups is 1. The maximum Gasteiger partial charge on any atom is 0.416 e. The fourth-order valence-electron chi connectivity index (χ4n) is 3.44. The van der Waals surface area contributed by atoms with E-state index < -0.39 is 23.5 Å². The van der Waals surface area contributed by atoms with Gasteiger partial charge in [-0.05, 0) is 38.0 Å². The third kappa shape index (κ3) is 3.81. The highest BCUT2D eigenvalue weighted by Crippen LogP contribution is 2.39. The van der Waals surface area contributed by atoms with E-state index >= 15 is 0 Å². The molecule has 3 heterocycles. The first-order chi connectivity index (χ1) is 13.5. The number of alkyl halides is 6. The zero-order chi connectivity index (χ0) is 21.0. The molecule has 1 aromatic heterocycles. The largest absolute Gasteiger partial charge is 0.416 e. The first kappa shape index (κ1) is 20.0. The van der Waals surface area contributed by atoms with Crippen LogP contribution in [-0.4, -0.2) is 43.9 Å². The highest BCUT2D eigenvalue weighted by molar-refractivity contribution is 7.99. The standard InChI is InChI=1S/C17H15F6N5S/c1-9-3-2-4-27(9)13-8-29-15-25-24-14(28(15)26-13)10-5-11(16(18,19)20)7-12(6-10)17(21,22)23/h5-7,9H,2-4,8H2,1H3. The Hall–Kier alpha value is -2.24. The molecule has 2 aromatic rings. The van der Waals surface area contributed by atoms with Crippen LogP contribution in [0.25, 0.3) is 11.4 Å². The lowest BCUT2D eigenvalue weighted by molar-refractivity contribution is -0.143. The van der Waals surface area contributed by atoms with Crippen LogP contribution in [0.4, 0.5) is 26.3 Å². The molecule has 0 aliphatic carbocycles. The van der Waals surface area contributed by atoms with Crippen LogP contribution in [0.3, 0.4) is 0 Å². The molecule has 2 aliphatic heterocycles. The number of aromatic nitrogens is 3. The van der Waals surface area contributed by atoms with Gasteiger partial charge < -0.3 is 4.90 Å². The van der Waals surface area contributed by atoms with Gasteiger partial charge in [-0.3, -0.25) is 0 Å². The molecule has 156 valence electrons. The van der Waals surface area contributed by atoms with Gasteiger partial charge in [0.15, 0.2) is 5.82 Å². The second-order valence-electron chi connectivity index (χ2n) is 6.90. The molecule has 0 saturated carbocycles. The average Bonchev–Trinajstić information content (AvgIpc) is 3.25. The summed E-state index contributed by atoms with van der Waals surface area (Å²) in [5.41, 5.74) is -3.15. The lowest BCUT2D eigenvalue weighted by Crippen LogP contribution is -2.37. The lowest BCUT2D eigenvalue weighted by atomic mass is 10.0. The van der Waals surface area contributed by atoms with Crippen molar-refractivity contribution >= 4 is 17.6 Å². The van der Waals surface area contributed by atoms with Gasteiger partial charge in [-0.2, -0.15) is 36.1 Å². The molecule has 29 heavy (non-hydrogen) atoms. The van der Waals surface area contributed by atoms with Crippen molar-refractivity contribution in [2.45, 2.75) is 43.3 Å². The van der Waals surface area contributed by atoms with Crippen molar-refractivity contribution < 1.29 is 26.3 Å². The van der Waals surface area contributed by atoms with E-state index in [-0.39, 0.29) is 23.5 Å². The molecule has 2 aliphatic rings. The van der Waals surface area contributed by atoms with Crippen LogP contribution >= 0.6 is 11.8 Å². The molecule has 0 radical (unpaired) electrons. The van der Waals surface area contributed by atoms with E-state index in [4.69, 9.17) is 0 Å². The summed E-state index contributed by atoms with van der Waals surface area (Å²) in [7, 11) is 0. The van der Waals surface area contributed by atoms with E-state index in [9.17, 15) is 26.3 Å². The van der Waals surface area contributed by atoms with Gasteiger partial charge in [0.2, 0.25) is 5.16 Å². The van der Waals surface area contributed by atoms with E-state index in [0.29, 0.717) is 28.9 Å². The summed E-state index contributed by atoms with van der Waals surface area (Å²) in [5, 5.41) is 12.5. The molecule has 1 fully saturated rings. The maximum absolute atomic E-state index is 13.2. The Morgan fingerprint density at radius 2 is 1.66 bits per heavy atom. The highest BCUT2D eigenvalue weighted by Gasteiger charge is 2.38. The van der Waals surface area contributed by atoms with Gasteiger partial charge >= 0.3 is 12.4 Å². The Labute approximate surface area is 165 Å². The van der Waals surface area contributed by atoms with Crippen molar-refractivity contribution in [2.75, 3.05) is 12.3 Å². The molecular weight excluding hydrogens is 420 g/mol. The first-order valence-electron chi connectivity index (χ1n) is 8.76. The number of hydrogen-bond donors (Lipinski definition) is 0. The Morgan fingerprint density at radius 1 is 1.00 bits per heavy atom. The zero-order valence-electron chi connectivity index (χ0n) is 15.0. The van der Waals surface area contributed by atoms with Crippen molar-refractivity contribution in [2.24, 2.45) is 5.10 Å². The van der Waals surface area contributed by atoms with E-state index in [1.807, 2.05) is 6.92 Å². The minimum atomic E-state index is -4.94. The van der Waals surface area contributed by atoms with Gasteiger partial charge in [0, 0.05) is 18.2 Å². The SMILES string of the molecule is CC1CCCN1C1=Nn2c(nnc2-c2cc(C(F)(F)F)cc(C(F)(F)F)c2)SC1. The van der Waals surface area contributed by atoms with Crippen molar-refractivity contribution in [3.05, 3.63) is 29.3 Å². The number of benzene rings is 1. The average molecular weight is 435 g/mol. The Balaban J connectivity index is 1.82. The second-order valence-corrected chi connectivity index (χ2v) is 7.84. The molecule has 1 aromatic carbocycles. The van der Waals surface area contributed by atoms with Crippen LogP contribution in [0.5, 0.6) is 0 Å². The summed E-state index contributed by atoms with van der Waals surface area (Å²) < 4.78 is 80.3. The minimum Gasteiger partial charge on any atom is -0.355 e. The Bertz CT molecular complexity index is 932. The lowest BCUT2D eigenvalue weighted by Gasteiger charge is -2.27. The minimum absolute atomic E-state index is 0.0896. The maximum atomic E-state index is 13.2. The normalized spacial score (nSPS) is 20.0. The molecule has 12 heteroatoms. The monoisotopic (exact) mass is 435 g/mol. The number of hydrogen-bond acceptors (Lipinski definition) is 5. The summed E-state index contributed by atoms with van der Waals surface area (Å²) in [6.07, 6.45) is -7.88. The van der Waals surface area contributed by atoms with E-state index in [1.54, 1.807) is 0 Å². The number of halogens is 6. The van der Waals surface area contributed by atoms with Crippen LogP contribution in [0.2, 0.25) is 0 Å². The smallest absolute Gasteiger partial charge is 0.355 e. The van der Waals surface area contributed by atoms with Gasteiger partial charge in [0.05, 0.1) is 16.9 Å². The van der Waals surface area contributed by atoms with Crippen LogP contribution in [-0.2, 0) is 12.4 Å². The summed E-state index contributed by atoms with van der Waals surface area (Å²) in [6, 6.07) is 1.63. The molecule has 0 N–H and O–H groups in total. The van der Waals surface area contributed by atoms with Gasteiger partial charge in [-0.1, -0.05) is 11.8 Å². The van der Waals surface area contributed by atoms with Crippen LogP contribution in [0.1, 0.15) is 30.9 Å². The number of nitrogens with zero attached hydrogens (tertiary/aromatic N) is 5. The van der Waals surface area contributed by atoms with Gasteiger partial charge in [-0.25, -0.2) is 0 Å². The fourth-order valence-corrected chi connectivity index (χ4v) is 4.27. The van der Waals surface area contributed by atoms with Gasteiger partial charge in [0.25, 0.3) is 0 Å². The fraction of sp³-hybridized carbons (Fsp3) is 0.471. The number of likely N-dealkylation sites (tertiary alicyclic amines) is 1. The Morgan fingerprint density at radius 3 is 2.21 bits per heavy atom. The molecule has 0 bridgehead atoms. The third-order valence-electron chi connectivity index (χ3n) is 4.89. The molecule has 1 saturated heterocycles. The Kier molecular flexibility index (Phi) is 4.79. The van der Waals surface area contributed by atoms with Crippen molar-refractivity contribution in [1.29, 1.82) is 0 Å². The number of rotatable bonds is 1. The van der Waals surface area contributed by atoms with Crippen molar-refractivity contribution in [3.8, 4) is 11.4 Å². The van der Waals surface area contributed by atoms with E-state index in [1.165, 1.54) is 16.4 Å². The van der Waals surface area contributed by atoms with Crippen LogP contribution < -0.4 is 0 Å². The van der Waals surface area contributed by atoms with Gasteiger partial charge in [0.1, 0.15) is 5.84 Å². The van der Waals surface area contributed by atoms with E-state index in [0.717, 1.165) is 19.4 Å².